The molecule has 30 heavy (non-hydrogen) atoms. The second kappa shape index (κ2) is 8.01. The number of methoxy groups -OCH3 is 2. The molecule has 2 atom stereocenters. The highest BCUT2D eigenvalue weighted by atomic mass is 16.5. The molecule has 1 aliphatic carbocycles. The van der Waals surface area contributed by atoms with Gasteiger partial charge in [-0.1, -0.05) is 19.8 Å². The Morgan fingerprint density at radius 2 is 1.87 bits per heavy atom. The van der Waals surface area contributed by atoms with Crippen molar-refractivity contribution in [3.05, 3.63) is 34.2 Å². The Morgan fingerprint density at radius 1 is 1.17 bits per heavy atom. The summed E-state index contributed by atoms with van der Waals surface area (Å²) >= 11 is 0. The van der Waals surface area contributed by atoms with Crippen LogP contribution in [-0.4, -0.2) is 40.3 Å². The van der Waals surface area contributed by atoms with Gasteiger partial charge in [0.15, 0.2) is 17.1 Å². The van der Waals surface area contributed by atoms with Crippen molar-refractivity contribution < 1.29 is 14.3 Å². The Bertz CT molecular complexity index is 1160. The van der Waals surface area contributed by atoms with Gasteiger partial charge in [-0.2, -0.15) is 4.98 Å². The Labute approximate surface area is 174 Å². The van der Waals surface area contributed by atoms with E-state index in [1.807, 2.05) is 22.2 Å². The van der Waals surface area contributed by atoms with Crippen LogP contribution >= 0.6 is 0 Å². The fourth-order valence-corrected chi connectivity index (χ4v) is 4.51. The molecule has 1 aliphatic rings. The highest BCUT2D eigenvalue weighted by molar-refractivity contribution is 5.96. The molecule has 160 valence electrons. The molecule has 0 radical (unpaired) electrons. The largest absolute Gasteiger partial charge is 0.493 e. The second-order valence-corrected chi connectivity index (χ2v) is 8.09. The van der Waals surface area contributed by atoms with Crippen LogP contribution in [0.1, 0.15) is 38.3 Å². The molecule has 3 aromatic rings. The van der Waals surface area contributed by atoms with Gasteiger partial charge in [-0.15, -0.1) is 0 Å². The van der Waals surface area contributed by atoms with E-state index in [1.165, 1.54) is 12.5 Å². The lowest BCUT2D eigenvalue weighted by Gasteiger charge is -2.29. The lowest BCUT2D eigenvalue weighted by molar-refractivity contribution is -0.123. The minimum absolute atomic E-state index is 0.0552. The van der Waals surface area contributed by atoms with E-state index in [-0.39, 0.29) is 24.1 Å². The highest BCUT2D eigenvalue weighted by Crippen LogP contribution is 2.34. The number of hydrogen-bond acceptors (Lipinski definition) is 5. The summed E-state index contributed by atoms with van der Waals surface area (Å²) in [4.78, 5) is 29.3. The van der Waals surface area contributed by atoms with Gasteiger partial charge >= 0.3 is 0 Å². The molecule has 1 saturated carbocycles. The second-order valence-electron chi connectivity index (χ2n) is 8.09. The average molecular weight is 412 g/mol. The lowest BCUT2D eigenvalue weighted by Crippen LogP contribution is -2.42. The topological polar surface area (TPSA) is 86.9 Å². The zero-order chi connectivity index (χ0) is 21.4. The van der Waals surface area contributed by atoms with Gasteiger partial charge in [-0.25, -0.2) is 4.52 Å². The predicted molar refractivity (Wildman–Crippen MR) is 114 cm³/mol. The SMILES string of the molecule is COc1cc2c(cc1OC)n(CC(=O)N[C@H]1CCCC[C@@H]1C)n1c(C)cc(=O)nc21. The molecule has 2 heterocycles. The fourth-order valence-electron chi connectivity index (χ4n) is 4.51. The molecule has 0 spiro atoms. The van der Waals surface area contributed by atoms with E-state index in [4.69, 9.17) is 9.47 Å². The van der Waals surface area contributed by atoms with E-state index < -0.39 is 0 Å². The number of carbonyl (C=O) groups is 1. The number of ether oxygens (including phenoxy) is 2. The maximum Gasteiger partial charge on any atom is 0.273 e. The van der Waals surface area contributed by atoms with E-state index in [2.05, 4.69) is 17.2 Å². The third kappa shape index (κ3) is 3.51. The van der Waals surface area contributed by atoms with Crippen molar-refractivity contribution >= 4 is 22.5 Å². The van der Waals surface area contributed by atoms with Gasteiger partial charge in [-0.3, -0.25) is 14.3 Å². The van der Waals surface area contributed by atoms with Crippen LogP contribution in [0.25, 0.3) is 16.6 Å². The third-order valence-corrected chi connectivity index (χ3v) is 6.10. The molecule has 8 nitrogen and oxygen atoms in total. The number of aromatic nitrogens is 3. The van der Waals surface area contributed by atoms with Gasteiger partial charge in [0.25, 0.3) is 5.56 Å². The lowest BCUT2D eigenvalue weighted by atomic mass is 9.86. The van der Waals surface area contributed by atoms with Gasteiger partial charge in [0.1, 0.15) is 6.54 Å². The summed E-state index contributed by atoms with van der Waals surface area (Å²) in [7, 11) is 3.13. The van der Waals surface area contributed by atoms with Crippen molar-refractivity contribution in [2.75, 3.05) is 14.2 Å². The number of nitrogens with zero attached hydrogens (tertiary/aromatic N) is 3. The summed E-state index contributed by atoms with van der Waals surface area (Å²) in [5.74, 6) is 1.52. The van der Waals surface area contributed by atoms with Crippen LogP contribution in [0, 0.1) is 12.8 Å². The highest BCUT2D eigenvalue weighted by Gasteiger charge is 2.24. The molecule has 4 rings (SSSR count). The molecule has 8 heteroatoms. The maximum absolute atomic E-state index is 13.0. The van der Waals surface area contributed by atoms with Crippen molar-refractivity contribution in [2.45, 2.75) is 52.1 Å². The number of amides is 1. The summed E-state index contributed by atoms with van der Waals surface area (Å²) in [5, 5.41) is 3.94. The van der Waals surface area contributed by atoms with Crippen LogP contribution in [0.5, 0.6) is 11.5 Å². The number of carbonyl (C=O) groups excluding carboxylic acids is 1. The summed E-state index contributed by atoms with van der Waals surface area (Å²) in [6, 6.07) is 5.29. The van der Waals surface area contributed by atoms with Crippen LogP contribution in [0.2, 0.25) is 0 Å². The maximum atomic E-state index is 13.0. The van der Waals surface area contributed by atoms with E-state index in [0.29, 0.717) is 28.8 Å². The fraction of sp³-hybridized carbons (Fsp3) is 0.500. The first-order chi connectivity index (χ1) is 14.4. The molecule has 0 aliphatic heterocycles. The molecule has 1 amide bonds. The molecule has 2 aromatic heterocycles. The normalized spacial score (nSPS) is 19.2. The molecule has 1 aromatic carbocycles. The molecule has 0 unspecified atom stereocenters. The van der Waals surface area contributed by atoms with Crippen LogP contribution in [0.4, 0.5) is 0 Å². The number of hydrogen-bond donors (Lipinski definition) is 1. The van der Waals surface area contributed by atoms with E-state index >= 15 is 0 Å². The molecular formula is C22H28N4O4. The molecule has 1 N–H and O–H groups in total. The van der Waals surface area contributed by atoms with E-state index in [0.717, 1.165) is 30.2 Å². The van der Waals surface area contributed by atoms with Crippen molar-refractivity contribution in [2.24, 2.45) is 5.92 Å². The number of nitrogens with one attached hydrogen (secondary N) is 1. The minimum Gasteiger partial charge on any atom is -0.493 e. The number of benzene rings is 1. The molecule has 1 fully saturated rings. The Hall–Kier alpha value is -3.03. The quantitative estimate of drug-likeness (QED) is 0.696. The van der Waals surface area contributed by atoms with Crippen molar-refractivity contribution in [1.29, 1.82) is 0 Å². The van der Waals surface area contributed by atoms with Crippen LogP contribution in [0.15, 0.2) is 23.0 Å². The summed E-state index contributed by atoms with van der Waals surface area (Å²) in [5.41, 5.74) is 1.63. The third-order valence-electron chi connectivity index (χ3n) is 6.10. The van der Waals surface area contributed by atoms with Crippen LogP contribution < -0.4 is 20.3 Å². The first-order valence-electron chi connectivity index (χ1n) is 10.4. The summed E-state index contributed by atoms with van der Waals surface area (Å²) in [6.45, 7) is 4.14. The smallest absolute Gasteiger partial charge is 0.273 e. The molecular weight excluding hydrogens is 384 g/mol. The standard InChI is InChI=1S/C22H28N4O4/c1-13-7-5-6-8-16(13)23-21(28)12-25-17-11-19(30-4)18(29-3)10-15(17)22-24-20(27)9-14(2)26(22)25/h9-11,13,16H,5-8,12H2,1-4H3,(H,23,28)/t13-,16-/m0/s1. The van der Waals surface area contributed by atoms with Crippen LogP contribution in [0.3, 0.4) is 0 Å². The molecule has 0 bridgehead atoms. The number of rotatable bonds is 5. The van der Waals surface area contributed by atoms with Crippen molar-refractivity contribution in [3.63, 3.8) is 0 Å². The van der Waals surface area contributed by atoms with Gasteiger partial charge in [0.05, 0.1) is 19.7 Å². The van der Waals surface area contributed by atoms with Crippen molar-refractivity contribution in [1.82, 2.24) is 19.5 Å². The number of aryl methyl sites for hydroxylation is 1. The molecule has 0 saturated heterocycles. The first kappa shape index (κ1) is 20.3. The van der Waals surface area contributed by atoms with Gasteiger partial charge < -0.3 is 14.8 Å². The van der Waals surface area contributed by atoms with Gasteiger partial charge in [0.2, 0.25) is 5.91 Å². The summed E-state index contributed by atoms with van der Waals surface area (Å²) in [6.07, 6.45) is 4.52. The first-order valence-corrected chi connectivity index (χ1v) is 10.4. The van der Waals surface area contributed by atoms with E-state index in [1.54, 1.807) is 20.3 Å². The van der Waals surface area contributed by atoms with Crippen molar-refractivity contribution in [3.8, 4) is 11.5 Å². The van der Waals surface area contributed by atoms with E-state index in [9.17, 15) is 9.59 Å². The Morgan fingerprint density at radius 3 is 2.57 bits per heavy atom. The van der Waals surface area contributed by atoms with Gasteiger partial charge in [-0.05, 0) is 31.7 Å². The zero-order valence-electron chi connectivity index (χ0n) is 17.9. The predicted octanol–water partition coefficient (Wildman–Crippen LogP) is 2.67. The monoisotopic (exact) mass is 412 g/mol. The number of fused-ring (bicyclic) bond motifs is 3. The average Bonchev–Trinajstić information content (AvgIpc) is 3.01. The Balaban J connectivity index is 1.82. The Kier molecular flexibility index (Phi) is 5.40. The van der Waals surface area contributed by atoms with Gasteiger partial charge in [0, 0.05) is 29.3 Å². The summed E-state index contributed by atoms with van der Waals surface area (Å²) < 4.78 is 14.5. The zero-order valence-corrected chi connectivity index (χ0v) is 17.9. The minimum atomic E-state index is -0.318. The van der Waals surface area contributed by atoms with Crippen LogP contribution in [-0.2, 0) is 11.3 Å².